The molecule has 3 nitrogen and oxygen atoms in total. The Kier molecular flexibility index (Phi) is 3.89. The first-order valence-electron chi connectivity index (χ1n) is 5.47. The molecule has 1 unspecified atom stereocenters. The minimum absolute atomic E-state index is 0.0647. The SMILES string of the molecule is Nc1cc(N)c(NC2CCCSC2)c(F)c1Cl. The van der Waals surface area contributed by atoms with Crippen LogP contribution in [0.4, 0.5) is 21.5 Å². The summed E-state index contributed by atoms with van der Waals surface area (Å²) in [7, 11) is 0. The highest BCUT2D eigenvalue weighted by atomic mass is 35.5. The van der Waals surface area contributed by atoms with Gasteiger partial charge in [-0.1, -0.05) is 11.6 Å². The number of nitrogens with one attached hydrogen (secondary N) is 1. The quantitative estimate of drug-likeness (QED) is 0.726. The van der Waals surface area contributed by atoms with E-state index in [4.69, 9.17) is 23.1 Å². The summed E-state index contributed by atoms with van der Waals surface area (Å²) >= 11 is 7.63. The van der Waals surface area contributed by atoms with Crippen LogP contribution in [0.25, 0.3) is 0 Å². The number of hydrogen-bond acceptors (Lipinski definition) is 4. The van der Waals surface area contributed by atoms with Gasteiger partial charge in [0, 0.05) is 11.8 Å². The zero-order valence-electron chi connectivity index (χ0n) is 9.30. The number of thioether (sulfide) groups is 1. The van der Waals surface area contributed by atoms with Gasteiger partial charge in [-0.2, -0.15) is 11.8 Å². The van der Waals surface area contributed by atoms with Crippen LogP contribution in [0.2, 0.25) is 5.02 Å². The van der Waals surface area contributed by atoms with Crippen LogP contribution in [-0.2, 0) is 0 Å². The van der Waals surface area contributed by atoms with Crippen LogP contribution in [-0.4, -0.2) is 17.5 Å². The Morgan fingerprint density at radius 2 is 2.18 bits per heavy atom. The highest BCUT2D eigenvalue weighted by molar-refractivity contribution is 7.99. The normalized spacial score (nSPS) is 20.2. The fourth-order valence-electron chi connectivity index (χ4n) is 1.87. The Hall–Kier alpha value is -0.810. The molecule has 94 valence electrons. The van der Waals surface area contributed by atoms with Crippen LogP contribution >= 0.6 is 23.4 Å². The molecule has 0 radical (unpaired) electrons. The number of hydrogen-bond donors (Lipinski definition) is 3. The summed E-state index contributed by atoms with van der Waals surface area (Å²) in [4.78, 5) is 0. The van der Waals surface area contributed by atoms with E-state index < -0.39 is 5.82 Å². The van der Waals surface area contributed by atoms with E-state index in [1.54, 1.807) is 0 Å². The van der Waals surface area contributed by atoms with E-state index in [0.29, 0.717) is 5.69 Å². The molecule has 1 saturated heterocycles. The molecular weight excluding hydrogens is 261 g/mol. The molecule has 5 N–H and O–H groups in total. The maximum absolute atomic E-state index is 13.9. The Morgan fingerprint density at radius 3 is 2.82 bits per heavy atom. The van der Waals surface area contributed by atoms with E-state index in [-0.39, 0.29) is 22.4 Å². The average Bonchev–Trinajstić information content (AvgIpc) is 2.33. The molecule has 6 heteroatoms. The lowest BCUT2D eigenvalue weighted by atomic mass is 10.1. The molecule has 0 saturated carbocycles. The number of nitrogens with two attached hydrogens (primary N) is 2. The average molecular weight is 276 g/mol. The Balaban J connectivity index is 2.22. The van der Waals surface area contributed by atoms with Gasteiger partial charge in [-0.25, -0.2) is 4.39 Å². The first kappa shape index (κ1) is 12.6. The number of nitrogen functional groups attached to an aromatic ring is 2. The summed E-state index contributed by atoms with van der Waals surface area (Å²) in [6, 6.07) is 1.73. The van der Waals surface area contributed by atoms with E-state index in [1.807, 2.05) is 11.8 Å². The molecule has 1 aromatic rings. The maximum Gasteiger partial charge on any atom is 0.169 e. The second-order valence-corrected chi connectivity index (χ2v) is 5.64. The van der Waals surface area contributed by atoms with Crippen molar-refractivity contribution in [3.8, 4) is 0 Å². The first-order chi connectivity index (χ1) is 8.09. The summed E-state index contributed by atoms with van der Waals surface area (Å²) < 4.78 is 13.9. The van der Waals surface area contributed by atoms with Gasteiger partial charge in [-0.15, -0.1) is 0 Å². The van der Waals surface area contributed by atoms with Crippen molar-refractivity contribution >= 4 is 40.4 Å². The monoisotopic (exact) mass is 275 g/mol. The molecule has 17 heavy (non-hydrogen) atoms. The van der Waals surface area contributed by atoms with Crippen LogP contribution in [0.3, 0.4) is 0 Å². The van der Waals surface area contributed by atoms with E-state index in [0.717, 1.165) is 18.6 Å². The number of rotatable bonds is 2. The van der Waals surface area contributed by atoms with Gasteiger partial charge in [0.2, 0.25) is 0 Å². The lowest BCUT2D eigenvalue weighted by molar-refractivity contribution is 0.621. The second kappa shape index (κ2) is 5.23. The fourth-order valence-corrected chi connectivity index (χ4v) is 3.09. The lowest BCUT2D eigenvalue weighted by Crippen LogP contribution is -2.26. The topological polar surface area (TPSA) is 64.1 Å². The molecule has 0 bridgehead atoms. The predicted octanol–water partition coefficient (Wildman–Crippen LogP) is 2.95. The van der Waals surface area contributed by atoms with E-state index in [9.17, 15) is 4.39 Å². The molecule has 0 aliphatic carbocycles. The van der Waals surface area contributed by atoms with Crippen molar-refractivity contribution in [2.24, 2.45) is 0 Å². The molecule has 1 aliphatic heterocycles. The number of anilines is 3. The Labute approximate surface area is 109 Å². The van der Waals surface area contributed by atoms with Gasteiger partial charge in [0.1, 0.15) is 5.02 Å². The van der Waals surface area contributed by atoms with Crippen molar-refractivity contribution in [3.05, 3.63) is 16.9 Å². The number of halogens is 2. The van der Waals surface area contributed by atoms with Crippen molar-refractivity contribution in [1.29, 1.82) is 0 Å². The smallest absolute Gasteiger partial charge is 0.169 e. The highest BCUT2D eigenvalue weighted by Crippen LogP contribution is 2.35. The standard InChI is InChI=1S/C11H15ClFN3S/c12-9-7(14)4-8(15)11(10(9)13)16-6-2-1-3-17-5-6/h4,6,16H,1-3,5,14-15H2. The third-order valence-corrected chi connectivity index (χ3v) is 4.37. The lowest BCUT2D eigenvalue weighted by Gasteiger charge is -2.25. The summed E-state index contributed by atoms with van der Waals surface area (Å²) in [5, 5.41) is 3.06. The molecule has 0 spiro atoms. The molecule has 0 aromatic heterocycles. The van der Waals surface area contributed by atoms with E-state index in [2.05, 4.69) is 5.32 Å². The van der Waals surface area contributed by atoms with Crippen molar-refractivity contribution in [2.75, 3.05) is 28.3 Å². The van der Waals surface area contributed by atoms with Crippen LogP contribution in [0.1, 0.15) is 12.8 Å². The van der Waals surface area contributed by atoms with Gasteiger partial charge < -0.3 is 16.8 Å². The van der Waals surface area contributed by atoms with Crippen LogP contribution in [0, 0.1) is 5.82 Å². The third kappa shape index (κ3) is 2.72. The van der Waals surface area contributed by atoms with E-state index in [1.165, 1.54) is 11.8 Å². The van der Waals surface area contributed by atoms with E-state index >= 15 is 0 Å². The zero-order chi connectivity index (χ0) is 12.4. The van der Waals surface area contributed by atoms with Crippen LogP contribution in [0.5, 0.6) is 0 Å². The molecule has 1 atom stereocenters. The van der Waals surface area contributed by atoms with Gasteiger partial charge in [0.05, 0.1) is 17.1 Å². The summed E-state index contributed by atoms with van der Waals surface area (Å²) in [6.45, 7) is 0. The maximum atomic E-state index is 13.9. The van der Waals surface area contributed by atoms with Gasteiger partial charge in [-0.3, -0.25) is 0 Å². The Bertz CT molecular complexity index is 422. The highest BCUT2D eigenvalue weighted by Gasteiger charge is 2.19. The molecule has 1 fully saturated rings. The summed E-state index contributed by atoms with van der Waals surface area (Å²) in [5.41, 5.74) is 12.1. The van der Waals surface area contributed by atoms with Crippen molar-refractivity contribution < 1.29 is 4.39 Å². The minimum atomic E-state index is -0.556. The van der Waals surface area contributed by atoms with Crippen LogP contribution in [0.15, 0.2) is 6.07 Å². The van der Waals surface area contributed by atoms with Gasteiger partial charge in [0.25, 0.3) is 0 Å². The predicted molar refractivity (Wildman–Crippen MR) is 74.2 cm³/mol. The van der Waals surface area contributed by atoms with Crippen molar-refractivity contribution in [2.45, 2.75) is 18.9 Å². The summed E-state index contributed by atoms with van der Waals surface area (Å²) in [5.74, 6) is 1.57. The molecular formula is C11H15ClFN3S. The van der Waals surface area contributed by atoms with Crippen molar-refractivity contribution in [1.82, 2.24) is 0 Å². The second-order valence-electron chi connectivity index (χ2n) is 4.12. The molecule has 1 heterocycles. The molecule has 1 aliphatic rings. The van der Waals surface area contributed by atoms with Gasteiger partial charge in [0.15, 0.2) is 5.82 Å². The van der Waals surface area contributed by atoms with Gasteiger partial charge >= 0.3 is 0 Å². The molecule has 1 aromatic carbocycles. The van der Waals surface area contributed by atoms with Gasteiger partial charge in [-0.05, 0) is 24.7 Å². The molecule has 0 amide bonds. The Morgan fingerprint density at radius 1 is 1.41 bits per heavy atom. The van der Waals surface area contributed by atoms with Crippen molar-refractivity contribution in [3.63, 3.8) is 0 Å². The first-order valence-corrected chi connectivity index (χ1v) is 7.00. The summed E-state index contributed by atoms with van der Waals surface area (Å²) in [6.07, 6.45) is 2.15. The molecule has 2 rings (SSSR count). The largest absolute Gasteiger partial charge is 0.397 e. The minimum Gasteiger partial charge on any atom is -0.397 e. The van der Waals surface area contributed by atoms with Crippen LogP contribution < -0.4 is 16.8 Å². The third-order valence-electron chi connectivity index (χ3n) is 2.77. The fraction of sp³-hybridized carbons (Fsp3) is 0.455. The zero-order valence-corrected chi connectivity index (χ0v) is 10.9. The number of benzene rings is 1.